The summed E-state index contributed by atoms with van der Waals surface area (Å²) in [5.74, 6) is -0.221. The van der Waals surface area contributed by atoms with Crippen molar-refractivity contribution in [3.8, 4) is 0 Å². The van der Waals surface area contributed by atoms with Gasteiger partial charge in [-0.3, -0.25) is 0 Å². The van der Waals surface area contributed by atoms with E-state index in [1.807, 2.05) is 0 Å². The van der Waals surface area contributed by atoms with Crippen LogP contribution in [-0.4, -0.2) is 15.5 Å². The summed E-state index contributed by atoms with van der Waals surface area (Å²) in [5, 5.41) is 0.481. The summed E-state index contributed by atoms with van der Waals surface area (Å²) < 4.78 is 26.6. The molecule has 6 heteroatoms. The molecule has 84 valence electrons. The molecule has 1 rings (SSSR count). The lowest BCUT2D eigenvalue weighted by Gasteiger charge is -2.05. The molecule has 0 radical (unpaired) electrons. The molecule has 0 fully saturated rings. The summed E-state index contributed by atoms with van der Waals surface area (Å²) in [4.78, 5) is 0. The Kier molecular flexibility index (Phi) is 4.40. The summed E-state index contributed by atoms with van der Waals surface area (Å²) in [6, 6.07) is 4.97. The first kappa shape index (κ1) is 12.8. The third kappa shape index (κ3) is 4.38. The van der Waals surface area contributed by atoms with Crippen LogP contribution in [-0.2, 0) is 26.1 Å². The molecule has 0 bridgehead atoms. The first-order valence-electron chi connectivity index (χ1n) is 4.11. The summed E-state index contributed by atoms with van der Waals surface area (Å²) in [6.07, 6.45) is 0. The number of methoxy groups -OCH3 is 1. The van der Waals surface area contributed by atoms with Crippen LogP contribution in [0.3, 0.4) is 0 Å². The molecule has 0 heterocycles. The molecule has 0 N–H and O–H groups in total. The number of ether oxygens (including phenoxy) is 1. The highest BCUT2D eigenvalue weighted by molar-refractivity contribution is 8.13. The lowest BCUT2D eigenvalue weighted by Crippen LogP contribution is -1.96. The second-order valence-electron chi connectivity index (χ2n) is 3.04. The highest BCUT2D eigenvalue weighted by atomic mass is 35.7. The summed E-state index contributed by atoms with van der Waals surface area (Å²) >= 11 is 5.92. The summed E-state index contributed by atoms with van der Waals surface area (Å²) in [6.45, 7) is 0.396. The Hall–Kier alpha value is -0.290. The van der Waals surface area contributed by atoms with Crippen LogP contribution in [0.5, 0.6) is 0 Å². The van der Waals surface area contributed by atoms with Crippen LogP contribution >= 0.6 is 22.3 Å². The molecule has 0 unspecified atom stereocenters. The maximum atomic E-state index is 10.8. The van der Waals surface area contributed by atoms with Crippen LogP contribution < -0.4 is 0 Å². The van der Waals surface area contributed by atoms with Gasteiger partial charge < -0.3 is 4.74 Å². The van der Waals surface area contributed by atoms with Gasteiger partial charge in [-0.15, -0.1) is 0 Å². The number of benzene rings is 1. The highest BCUT2D eigenvalue weighted by Gasteiger charge is 2.09. The van der Waals surface area contributed by atoms with Crippen molar-refractivity contribution in [3.63, 3.8) is 0 Å². The molecule has 3 nitrogen and oxygen atoms in total. The Morgan fingerprint density at radius 2 is 2.07 bits per heavy atom. The van der Waals surface area contributed by atoms with Gasteiger partial charge in [-0.25, -0.2) is 8.42 Å². The number of halogens is 2. The van der Waals surface area contributed by atoms with E-state index in [9.17, 15) is 8.42 Å². The molecule has 0 spiro atoms. The van der Waals surface area contributed by atoms with Crippen LogP contribution in [0.4, 0.5) is 0 Å². The Balaban J connectivity index is 2.91. The van der Waals surface area contributed by atoms with Crippen LogP contribution in [0.2, 0.25) is 5.02 Å². The molecule has 0 saturated heterocycles. The van der Waals surface area contributed by atoms with Gasteiger partial charge in [0.15, 0.2) is 0 Å². The van der Waals surface area contributed by atoms with E-state index < -0.39 is 9.05 Å². The van der Waals surface area contributed by atoms with Crippen molar-refractivity contribution >= 4 is 31.3 Å². The minimum atomic E-state index is -3.54. The Morgan fingerprint density at radius 3 is 2.53 bits per heavy atom. The quantitative estimate of drug-likeness (QED) is 0.789. The second-order valence-corrected chi connectivity index (χ2v) is 6.23. The maximum absolute atomic E-state index is 10.8. The lowest BCUT2D eigenvalue weighted by molar-refractivity contribution is 0.185. The minimum absolute atomic E-state index is 0.221. The van der Waals surface area contributed by atoms with Crippen molar-refractivity contribution in [1.29, 1.82) is 0 Å². The molecule has 0 atom stereocenters. The van der Waals surface area contributed by atoms with E-state index in [1.54, 1.807) is 25.3 Å². The highest BCUT2D eigenvalue weighted by Crippen LogP contribution is 2.20. The first-order chi connectivity index (χ1) is 6.92. The van der Waals surface area contributed by atoms with Crippen LogP contribution in [0.25, 0.3) is 0 Å². The smallest absolute Gasteiger partial charge is 0.236 e. The third-order valence-electron chi connectivity index (χ3n) is 1.76. The van der Waals surface area contributed by atoms with E-state index in [1.165, 1.54) is 0 Å². The van der Waals surface area contributed by atoms with Gasteiger partial charge in [-0.05, 0) is 17.2 Å². The SMILES string of the molecule is COCc1ccc(CS(=O)(=O)Cl)cc1Cl. The Morgan fingerprint density at radius 1 is 1.40 bits per heavy atom. The Labute approximate surface area is 98.4 Å². The van der Waals surface area contributed by atoms with Crippen molar-refractivity contribution in [2.75, 3.05) is 7.11 Å². The molecule has 0 aliphatic carbocycles. The maximum Gasteiger partial charge on any atom is 0.236 e. The molecular formula is C9H10Cl2O3S. The molecule has 0 saturated carbocycles. The van der Waals surface area contributed by atoms with Crippen molar-refractivity contribution in [3.05, 3.63) is 34.3 Å². The largest absolute Gasteiger partial charge is 0.380 e. The lowest BCUT2D eigenvalue weighted by atomic mass is 10.1. The van der Waals surface area contributed by atoms with E-state index in [0.29, 0.717) is 17.2 Å². The fourth-order valence-corrected chi connectivity index (χ4v) is 2.37. The van der Waals surface area contributed by atoms with Gasteiger partial charge in [0.2, 0.25) is 9.05 Å². The molecule has 0 aromatic heterocycles. The molecule has 0 amide bonds. The van der Waals surface area contributed by atoms with Gasteiger partial charge >= 0.3 is 0 Å². The average molecular weight is 269 g/mol. The average Bonchev–Trinajstić information content (AvgIpc) is 2.07. The van der Waals surface area contributed by atoms with E-state index in [-0.39, 0.29) is 5.75 Å². The summed E-state index contributed by atoms with van der Waals surface area (Å²) in [5.41, 5.74) is 1.38. The third-order valence-corrected chi connectivity index (χ3v) is 3.11. The van der Waals surface area contributed by atoms with Crippen LogP contribution in [0.1, 0.15) is 11.1 Å². The van der Waals surface area contributed by atoms with Gasteiger partial charge in [0.25, 0.3) is 0 Å². The van der Waals surface area contributed by atoms with Crippen molar-refractivity contribution in [2.24, 2.45) is 0 Å². The normalized spacial score (nSPS) is 11.7. The summed E-state index contributed by atoms with van der Waals surface area (Å²) in [7, 11) is 3.15. The van der Waals surface area contributed by atoms with Crippen molar-refractivity contribution in [2.45, 2.75) is 12.4 Å². The predicted octanol–water partition coefficient (Wildman–Crippen LogP) is 2.56. The van der Waals surface area contributed by atoms with Gasteiger partial charge in [-0.2, -0.15) is 0 Å². The first-order valence-corrected chi connectivity index (χ1v) is 6.96. The monoisotopic (exact) mass is 268 g/mol. The van der Waals surface area contributed by atoms with E-state index >= 15 is 0 Å². The fraction of sp³-hybridized carbons (Fsp3) is 0.333. The van der Waals surface area contributed by atoms with E-state index in [4.69, 9.17) is 27.0 Å². The van der Waals surface area contributed by atoms with Crippen molar-refractivity contribution in [1.82, 2.24) is 0 Å². The molecule has 0 aliphatic rings. The fourth-order valence-electron chi connectivity index (χ4n) is 1.15. The van der Waals surface area contributed by atoms with E-state index in [0.717, 1.165) is 5.56 Å². The van der Waals surface area contributed by atoms with Gasteiger partial charge in [0.05, 0.1) is 12.4 Å². The topological polar surface area (TPSA) is 43.4 Å². The number of hydrogen-bond acceptors (Lipinski definition) is 3. The predicted molar refractivity (Wildman–Crippen MR) is 60.6 cm³/mol. The molecule has 0 aliphatic heterocycles. The number of rotatable bonds is 4. The van der Waals surface area contributed by atoms with Crippen molar-refractivity contribution < 1.29 is 13.2 Å². The minimum Gasteiger partial charge on any atom is -0.380 e. The van der Waals surface area contributed by atoms with E-state index in [2.05, 4.69) is 0 Å². The zero-order valence-electron chi connectivity index (χ0n) is 8.04. The van der Waals surface area contributed by atoms with Crippen LogP contribution in [0.15, 0.2) is 18.2 Å². The standard InChI is InChI=1S/C9H10Cl2O3S/c1-14-5-8-3-2-7(4-9(8)10)6-15(11,12)13/h2-4H,5-6H2,1H3. The van der Waals surface area contributed by atoms with Gasteiger partial charge in [-0.1, -0.05) is 23.7 Å². The molecule has 15 heavy (non-hydrogen) atoms. The molecular weight excluding hydrogens is 259 g/mol. The van der Waals surface area contributed by atoms with Crippen LogP contribution in [0, 0.1) is 0 Å². The molecule has 1 aromatic rings. The number of hydrogen-bond donors (Lipinski definition) is 0. The Bertz CT molecular complexity index is 443. The molecule has 1 aromatic carbocycles. The second kappa shape index (κ2) is 5.16. The van der Waals surface area contributed by atoms with Gasteiger partial charge in [0, 0.05) is 22.8 Å². The zero-order chi connectivity index (χ0) is 11.5. The zero-order valence-corrected chi connectivity index (χ0v) is 10.4. The van der Waals surface area contributed by atoms with Gasteiger partial charge in [0.1, 0.15) is 0 Å².